The third-order valence-corrected chi connectivity index (χ3v) is 5.29. The van der Waals surface area contributed by atoms with Crippen LogP contribution in [0.2, 0.25) is 0 Å². The fourth-order valence-electron chi connectivity index (χ4n) is 3.87. The Balaban J connectivity index is 1.71. The second kappa shape index (κ2) is 7.39. The van der Waals surface area contributed by atoms with Crippen LogP contribution in [-0.4, -0.2) is 73.5 Å². The van der Waals surface area contributed by atoms with E-state index in [9.17, 15) is 9.59 Å². The number of pyridine rings is 1. The second-order valence-corrected chi connectivity index (χ2v) is 6.83. The molecular weight excluding hydrogens is 320 g/mol. The normalized spacial score (nSPS) is 23.4. The molecule has 1 N–H and O–H groups in total. The van der Waals surface area contributed by atoms with Gasteiger partial charge in [-0.15, -0.1) is 0 Å². The van der Waals surface area contributed by atoms with Gasteiger partial charge in [-0.2, -0.15) is 0 Å². The lowest BCUT2D eigenvalue weighted by atomic mass is 9.78. The minimum Gasteiger partial charge on any atom is -0.383 e. The topological polar surface area (TPSA) is 74.8 Å². The van der Waals surface area contributed by atoms with Gasteiger partial charge < -0.3 is 19.9 Å². The Hall–Kier alpha value is -2.15. The number of likely N-dealkylation sites (tertiary alicyclic amines) is 2. The highest BCUT2D eigenvalue weighted by Crippen LogP contribution is 2.40. The average Bonchev–Trinajstić information content (AvgIpc) is 3.07. The summed E-state index contributed by atoms with van der Waals surface area (Å²) in [4.78, 5) is 33.7. The van der Waals surface area contributed by atoms with Crippen LogP contribution in [0.15, 0.2) is 18.3 Å². The summed E-state index contributed by atoms with van der Waals surface area (Å²) in [5.41, 5.74) is 0.191. The van der Waals surface area contributed by atoms with E-state index >= 15 is 0 Å². The number of carbonyl (C=O) groups is 2. The molecule has 0 saturated carbocycles. The number of nitrogens with one attached hydrogen (secondary N) is 1. The van der Waals surface area contributed by atoms with Crippen molar-refractivity contribution in [1.29, 1.82) is 0 Å². The van der Waals surface area contributed by atoms with Gasteiger partial charge in [0.15, 0.2) is 0 Å². The van der Waals surface area contributed by atoms with Crippen LogP contribution in [0, 0.1) is 5.41 Å². The molecule has 3 heterocycles. The van der Waals surface area contributed by atoms with Crippen molar-refractivity contribution in [3.05, 3.63) is 23.9 Å². The molecule has 1 spiro atoms. The van der Waals surface area contributed by atoms with E-state index in [1.807, 2.05) is 9.80 Å². The first kappa shape index (κ1) is 17.7. The Morgan fingerprint density at radius 1 is 1.40 bits per heavy atom. The molecule has 3 rings (SSSR count). The Morgan fingerprint density at radius 2 is 2.24 bits per heavy atom. The highest BCUT2D eigenvalue weighted by molar-refractivity contribution is 5.96. The maximum atomic E-state index is 13.0. The van der Waals surface area contributed by atoms with E-state index in [2.05, 4.69) is 10.3 Å². The highest BCUT2D eigenvalue weighted by Gasteiger charge is 2.49. The number of nitrogens with zero attached hydrogens (tertiary/aromatic N) is 3. The summed E-state index contributed by atoms with van der Waals surface area (Å²) in [5, 5.41) is 2.95. The van der Waals surface area contributed by atoms with E-state index in [0.717, 1.165) is 25.8 Å². The van der Waals surface area contributed by atoms with Crippen molar-refractivity contribution < 1.29 is 14.3 Å². The van der Waals surface area contributed by atoms with E-state index in [0.29, 0.717) is 37.6 Å². The van der Waals surface area contributed by atoms with Gasteiger partial charge in [-0.3, -0.25) is 9.59 Å². The highest BCUT2D eigenvalue weighted by atomic mass is 16.5. The van der Waals surface area contributed by atoms with E-state index in [1.165, 1.54) is 0 Å². The number of amides is 2. The van der Waals surface area contributed by atoms with E-state index in [1.54, 1.807) is 32.5 Å². The summed E-state index contributed by atoms with van der Waals surface area (Å²) in [6.45, 7) is 3.09. The van der Waals surface area contributed by atoms with Crippen molar-refractivity contribution in [3.8, 4) is 0 Å². The zero-order valence-corrected chi connectivity index (χ0v) is 15.0. The predicted octanol–water partition coefficient (Wildman–Crippen LogP) is 1.22. The fraction of sp³-hybridized carbons (Fsp3) is 0.611. The molecule has 2 fully saturated rings. The van der Waals surface area contributed by atoms with Crippen molar-refractivity contribution in [1.82, 2.24) is 14.8 Å². The van der Waals surface area contributed by atoms with Crippen LogP contribution in [0.25, 0.3) is 0 Å². The van der Waals surface area contributed by atoms with Crippen molar-refractivity contribution >= 4 is 17.6 Å². The molecular formula is C18H26N4O3. The smallest absolute Gasteiger partial charge is 0.254 e. The maximum Gasteiger partial charge on any atom is 0.254 e. The molecule has 2 saturated heterocycles. The molecule has 0 aromatic carbocycles. The van der Waals surface area contributed by atoms with Crippen LogP contribution in [0.5, 0.6) is 0 Å². The number of hydrogen-bond donors (Lipinski definition) is 1. The van der Waals surface area contributed by atoms with Crippen LogP contribution in [0.3, 0.4) is 0 Å². The lowest BCUT2D eigenvalue weighted by Crippen LogP contribution is -2.51. The third-order valence-electron chi connectivity index (χ3n) is 5.29. The van der Waals surface area contributed by atoms with E-state index in [4.69, 9.17) is 4.74 Å². The van der Waals surface area contributed by atoms with Gasteiger partial charge in [0, 0.05) is 52.1 Å². The Morgan fingerprint density at radius 3 is 3.00 bits per heavy atom. The summed E-state index contributed by atoms with van der Waals surface area (Å²) in [7, 11) is 3.42. The quantitative estimate of drug-likeness (QED) is 0.868. The van der Waals surface area contributed by atoms with Gasteiger partial charge in [0.1, 0.15) is 5.82 Å². The largest absolute Gasteiger partial charge is 0.383 e. The summed E-state index contributed by atoms with van der Waals surface area (Å²) in [5.74, 6) is 0.813. The summed E-state index contributed by atoms with van der Waals surface area (Å²) < 4.78 is 5.11. The Kier molecular flexibility index (Phi) is 5.22. The number of carbonyl (C=O) groups excluding carboxylic acids is 2. The lowest BCUT2D eigenvalue weighted by molar-refractivity contribution is -0.146. The average molecular weight is 346 g/mol. The van der Waals surface area contributed by atoms with Gasteiger partial charge in [0.05, 0.1) is 12.0 Å². The SMILES string of the molecule is CNc1cc(C(=O)N2CC[C@]3(CCCN(CCOC)C3=O)C2)ccn1. The van der Waals surface area contributed by atoms with Gasteiger partial charge in [0.25, 0.3) is 5.91 Å². The van der Waals surface area contributed by atoms with Crippen molar-refractivity contribution in [2.24, 2.45) is 5.41 Å². The monoisotopic (exact) mass is 346 g/mol. The number of rotatable bonds is 5. The number of ether oxygens (including phenoxy) is 1. The van der Waals surface area contributed by atoms with Crippen molar-refractivity contribution in [2.75, 3.05) is 52.3 Å². The Labute approximate surface area is 148 Å². The summed E-state index contributed by atoms with van der Waals surface area (Å²) in [6, 6.07) is 3.47. The van der Waals surface area contributed by atoms with Crippen LogP contribution >= 0.6 is 0 Å². The number of aromatic nitrogens is 1. The maximum absolute atomic E-state index is 13.0. The first-order chi connectivity index (χ1) is 12.1. The number of methoxy groups -OCH3 is 1. The van der Waals surface area contributed by atoms with Crippen LogP contribution in [-0.2, 0) is 9.53 Å². The van der Waals surface area contributed by atoms with Gasteiger partial charge in [-0.1, -0.05) is 0 Å². The molecule has 1 aromatic heterocycles. The zero-order chi connectivity index (χ0) is 17.9. The minimum atomic E-state index is -0.416. The van der Waals surface area contributed by atoms with Crippen LogP contribution in [0.1, 0.15) is 29.6 Å². The van der Waals surface area contributed by atoms with E-state index in [-0.39, 0.29) is 11.8 Å². The molecule has 7 heteroatoms. The molecule has 1 aromatic rings. The van der Waals surface area contributed by atoms with Crippen molar-refractivity contribution in [3.63, 3.8) is 0 Å². The second-order valence-electron chi connectivity index (χ2n) is 6.83. The molecule has 2 aliphatic rings. The molecule has 2 amide bonds. The van der Waals surface area contributed by atoms with Crippen molar-refractivity contribution in [2.45, 2.75) is 19.3 Å². The van der Waals surface area contributed by atoms with Gasteiger partial charge in [-0.25, -0.2) is 4.98 Å². The number of piperidine rings is 1. The summed E-state index contributed by atoms with van der Waals surface area (Å²) >= 11 is 0. The number of hydrogen-bond acceptors (Lipinski definition) is 5. The fourth-order valence-corrected chi connectivity index (χ4v) is 3.87. The molecule has 0 radical (unpaired) electrons. The zero-order valence-electron chi connectivity index (χ0n) is 15.0. The van der Waals surface area contributed by atoms with Crippen LogP contribution in [0.4, 0.5) is 5.82 Å². The molecule has 7 nitrogen and oxygen atoms in total. The summed E-state index contributed by atoms with van der Waals surface area (Å²) in [6.07, 6.45) is 4.21. The van der Waals surface area contributed by atoms with Gasteiger partial charge >= 0.3 is 0 Å². The Bertz CT molecular complexity index is 651. The third kappa shape index (κ3) is 3.46. The minimum absolute atomic E-state index is 0.0300. The van der Waals surface area contributed by atoms with Gasteiger partial charge in [-0.05, 0) is 31.4 Å². The number of anilines is 1. The molecule has 1 atom stereocenters. The molecule has 0 bridgehead atoms. The lowest BCUT2D eigenvalue weighted by Gasteiger charge is -2.39. The predicted molar refractivity (Wildman–Crippen MR) is 94.4 cm³/mol. The van der Waals surface area contributed by atoms with Crippen LogP contribution < -0.4 is 5.32 Å². The molecule has 25 heavy (non-hydrogen) atoms. The standard InChI is InChI=1S/C18H26N4O3/c1-19-15-12-14(4-7-20-15)16(23)22-9-6-18(13-22)5-3-8-21(17(18)24)10-11-25-2/h4,7,12H,3,5-6,8-11,13H2,1-2H3,(H,19,20)/t18-/m1/s1. The molecule has 2 aliphatic heterocycles. The molecule has 0 aliphatic carbocycles. The van der Waals surface area contributed by atoms with E-state index < -0.39 is 5.41 Å². The molecule has 136 valence electrons. The molecule has 0 unspecified atom stereocenters. The van der Waals surface area contributed by atoms with Gasteiger partial charge in [0.2, 0.25) is 5.91 Å². The first-order valence-corrected chi connectivity index (χ1v) is 8.81. The first-order valence-electron chi connectivity index (χ1n) is 8.81.